The second kappa shape index (κ2) is 5.98. The van der Waals surface area contributed by atoms with Crippen molar-refractivity contribution < 1.29 is 0 Å². The molecule has 6 heteroatoms. The van der Waals surface area contributed by atoms with Crippen LogP contribution in [-0.2, 0) is 6.54 Å². The van der Waals surface area contributed by atoms with E-state index in [4.69, 9.17) is 0 Å². The first kappa shape index (κ1) is 15.3. The molecule has 0 aliphatic carbocycles. The molecule has 0 saturated carbocycles. The van der Waals surface area contributed by atoms with Crippen molar-refractivity contribution >= 4 is 11.2 Å². The summed E-state index contributed by atoms with van der Waals surface area (Å²) in [5.41, 5.74) is 4.76. The molecule has 6 nitrogen and oxygen atoms in total. The van der Waals surface area contributed by atoms with E-state index in [0.717, 1.165) is 16.8 Å². The molecule has 0 atom stereocenters. The summed E-state index contributed by atoms with van der Waals surface area (Å²) in [6, 6.07) is 15.9. The molecule has 2 aromatic carbocycles. The largest absolute Gasteiger partial charge is 0.293 e. The first-order chi connectivity index (χ1) is 12.1. The van der Waals surface area contributed by atoms with Gasteiger partial charge in [-0.05, 0) is 31.5 Å². The van der Waals surface area contributed by atoms with Gasteiger partial charge in [0.2, 0.25) is 0 Å². The monoisotopic (exact) mass is 331 g/mol. The maximum absolute atomic E-state index is 12.7. The Kier molecular flexibility index (Phi) is 3.65. The number of rotatable bonds is 3. The Bertz CT molecular complexity index is 1090. The van der Waals surface area contributed by atoms with Crippen LogP contribution in [0.1, 0.15) is 16.7 Å². The zero-order chi connectivity index (χ0) is 17.4. The van der Waals surface area contributed by atoms with Crippen LogP contribution in [0.3, 0.4) is 0 Å². The lowest BCUT2D eigenvalue weighted by molar-refractivity contribution is 0.745. The zero-order valence-electron chi connectivity index (χ0n) is 14.0. The number of nitrogens with zero attached hydrogens (tertiary/aromatic N) is 5. The molecule has 0 unspecified atom stereocenters. The minimum atomic E-state index is -0.191. The molecule has 2 heterocycles. The Labute approximate surface area is 144 Å². The molecule has 25 heavy (non-hydrogen) atoms. The van der Waals surface area contributed by atoms with E-state index in [0.29, 0.717) is 12.2 Å². The SMILES string of the molecule is Cc1ccc(Cn2cnc3c(nnn3-c3ccc(C)cc3)c2=O)cc1. The third kappa shape index (κ3) is 2.82. The Hall–Kier alpha value is -3.28. The van der Waals surface area contributed by atoms with Crippen LogP contribution in [0.2, 0.25) is 0 Å². The summed E-state index contributed by atoms with van der Waals surface area (Å²) in [4.78, 5) is 17.1. The summed E-state index contributed by atoms with van der Waals surface area (Å²) in [5, 5.41) is 8.16. The summed E-state index contributed by atoms with van der Waals surface area (Å²) >= 11 is 0. The number of hydrogen-bond donors (Lipinski definition) is 0. The van der Waals surface area contributed by atoms with E-state index in [9.17, 15) is 4.79 Å². The highest BCUT2D eigenvalue weighted by molar-refractivity contribution is 5.70. The zero-order valence-corrected chi connectivity index (χ0v) is 14.0. The normalized spacial score (nSPS) is 11.1. The molecule has 0 aliphatic rings. The fourth-order valence-electron chi connectivity index (χ4n) is 2.71. The molecule has 0 bridgehead atoms. The predicted molar refractivity (Wildman–Crippen MR) is 95.9 cm³/mol. The number of aromatic nitrogens is 5. The molecule has 124 valence electrons. The first-order valence-electron chi connectivity index (χ1n) is 8.05. The van der Waals surface area contributed by atoms with Crippen molar-refractivity contribution in [1.29, 1.82) is 0 Å². The minimum Gasteiger partial charge on any atom is -0.293 e. The second-order valence-electron chi connectivity index (χ2n) is 6.17. The molecule has 0 spiro atoms. The maximum Gasteiger partial charge on any atom is 0.283 e. The molecular weight excluding hydrogens is 314 g/mol. The lowest BCUT2D eigenvalue weighted by Gasteiger charge is -2.06. The van der Waals surface area contributed by atoms with E-state index < -0.39 is 0 Å². The van der Waals surface area contributed by atoms with Crippen molar-refractivity contribution in [3.05, 3.63) is 81.9 Å². The number of hydrogen-bond acceptors (Lipinski definition) is 4. The molecule has 0 aliphatic heterocycles. The van der Waals surface area contributed by atoms with Crippen LogP contribution in [0.15, 0.2) is 59.7 Å². The minimum absolute atomic E-state index is 0.191. The highest BCUT2D eigenvalue weighted by atomic mass is 16.1. The quantitative estimate of drug-likeness (QED) is 0.579. The highest BCUT2D eigenvalue weighted by Gasteiger charge is 2.13. The van der Waals surface area contributed by atoms with Gasteiger partial charge in [0.05, 0.1) is 12.2 Å². The van der Waals surface area contributed by atoms with E-state index in [2.05, 4.69) is 15.3 Å². The third-order valence-electron chi connectivity index (χ3n) is 4.18. The van der Waals surface area contributed by atoms with Gasteiger partial charge in [-0.2, -0.15) is 4.68 Å². The van der Waals surface area contributed by atoms with Gasteiger partial charge in [-0.1, -0.05) is 52.7 Å². The maximum atomic E-state index is 12.7. The van der Waals surface area contributed by atoms with Gasteiger partial charge >= 0.3 is 0 Å². The van der Waals surface area contributed by atoms with Crippen LogP contribution in [0.4, 0.5) is 0 Å². The topological polar surface area (TPSA) is 65.6 Å². The van der Waals surface area contributed by atoms with E-state index in [1.807, 2.05) is 62.4 Å². The van der Waals surface area contributed by atoms with Crippen LogP contribution in [0, 0.1) is 13.8 Å². The van der Waals surface area contributed by atoms with Crippen molar-refractivity contribution in [1.82, 2.24) is 24.5 Å². The van der Waals surface area contributed by atoms with Crippen LogP contribution >= 0.6 is 0 Å². The van der Waals surface area contributed by atoms with Crippen molar-refractivity contribution in [2.45, 2.75) is 20.4 Å². The summed E-state index contributed by atoms with van der Waals surface area (Å²) < 4.78 is 3.15. The number of fused-ring (bicyclic) bond motifs is 1. The lowest BCUT2D eigenvalue weighted by atomic mass is 10.1. The van der Waals surface area contributed by atoms with Gasteiger partial charge in [0.15, 0.2) is 11.2 Å². The van der Waals surface area contributed by atoms with Crippen molar-refractivity contribution in [3.63, 3.8) is 0 Å². The van der Waals surface area contributed by atoms with Gasteiger partial charge < -0.3 is 0 Å². The molecule has 4 aromatic rings. The van der Waals surface area contributed by atoms with Crippen molar-refractivity contribution in [2.75, 3.05) is 0 Å². The summed E-state index contributed by atoms with van der Waals surface area (Å²) in [6.45, 7) is 4.51. The third-order valence-corrected chi connectivity index (χ3v) is 4.18. The summed E-state index contributed by atoms with van der Waals surface area (Å²) in [7, 11) is 0. The van der Waals surface area contributed by atoms with Crippen LogP contribution in [-0.4, -0.2) is 24.5 Å². The van der Waals surface area contributed by atoms with Crippen LogP contribution in [0.25, 0.3) is 16.9 Å². The van der Waals surface area contributed by atoms with E-state index in [1.165, 1.54) is 5.56 Å². The Morgan fingerprint density at radius 1 is 0.920 bits per heavy atom. The number of aryl methyl sites for hydroxylation is 2. The van der Waals surface area contributed by atoms with Gasteiger partial charge in [0.1, 0.15) is 6.33 Å². The smallest absolute Gasteiger partial charge is 0.283 e. The van der Waals surface area contributed by atoms with Gasteiger partial charge in [0, 0.05) is 0 Å². The molecule has 0 N–H and O–H groups in total. The molecule has 0 radical (unpaired) electrons. The van der Waals surface area contributed by atoms with Gasteiger partial charge in [-0.15, -0.1) is 5.10 Å². The van der Waals surface area contributed by atoms with Crippen molar-refractivity contribution in [3.8, 4) is 5.69 Å². The Morgan fingerprint density at radius 2 is 1.56 bits per heavy atom. The van der Waals surface area contributed by atoms with Crippen LogP contribution in [0.5, 0.6) is 0 Å². The molecule has 0 amide bonds. The van der Waals surface area contributed by atoms with Gasteiger partial charge in [0.25, 0.3) is 5.56 Å². The summed E-state index contributed by atoms with van der Waals surface area (Å²) in [5.74, 6) is 0. The molecule has 0 fully saturated rings. The lowest BCUT2D eigenvalue weighted by Crippen LogP contribution is -2.21. The standard InChI is InChI=1S/C19H17N5O/c1-13-3-7-15(8-4-13)11-23-12-20-18-17(19(23)25)21-22-24(18)16-9-5-14(2)6-10-16/h3-10,12H,11H2,1-2H3. The second-order valence-corrected chi connectivity index (χ2v) is 6.17. The van der Waals surface area contributed by atoms with Gasteiger partial charge in [-0.3, -0.25) is 9.36 Å². The fraction of sp³-hybridized carbons (Fsp3) is 0.158. The molecule has 4 rings (SSSR count). The highest BCUT2D eigenvalue weighted by Crippen LogP contribution is 2.13. The van der Waals surface area contributed by atoms with Crippen molar-refractivity contribution in [2.24, 2.45) is 0 Å². The molecular formula is C19H17N5O. The van der Waals surface area contributed by atoms with E-state index in [-0.39, 0.29) is 11.1 Å². The first-order valence-corrected chi connectivity index (χ1v) is 8.05. The fourth-order valence-corrected chi connectivity index (χ4v) is 2.71. The van der Waals surface area contributed by atoms with Crippen LogP contribution < -0.4 is 5.56 Å². The Morgan fingerprint density at radius 3 is 2.24 bits per heavy atom. The predicted octanol–water partition coefficient (Wildman–Crippen LogP) is 2.64. The number of benzene rings is 2. The summed E-state index contributed by atoms with van der Waals surface area (Å²) in [6.07, 6.45) is 1.55. The average Bonchev–Trinajstić information content (AvgIpc) is 3.05. The molecule has 0 saturated heterocycles. The molecule has 2 aromatic heterocycles. The van der Waals surface area contributed by atoms with E-state index in [1.54, 1.807) is 15.6 Å². The van der Waals surface area contributed by atoms with E-state index >= 15 is 0 Å². The van der Waals surface area contributed by atoms with Gasteiger partial charge in [-0.25, -0.2) is 4.98 Å². The average molecular weight is 331 g/mol. The Balaban J connectivity index is 1.75.